The summed E-state index contributed by atoms with van der Waals surface area (Å²) in [6.45, 7) is 0. The summed E-state index contributed by atoms with van der Waals surface area (Å²) in [5.74, 6) is 0.952. The van der Waals surface area contributed by atoms with E-state index in [-0.39, 0.29) is 5.91 Å². The number of methoxy groups -OCH3 is 1. The van der Waals surface area contributed by atoms with Crippen LogP contribution in [0.2, 0.25) is 5.02 Å². The molecule has 0 saturated carbocycles. The van der Waals surface area contributed by atoms with Crippen LogP contribution in [0.1, 0.15) is 10.4 Å². The van der Waals surface area contributed by atoms with Gasteiger partial charge in [-0.05, 0) is 42.5 Å². The first kappa shape index (κ1) is 16.8. The van der Waals surface area contributed by atoms with Gasteiger partial charge in [0.25, 0.3) is 5.91 Å². The fraction of sp³-hybridized carbons (Fsp3) is 0.0526. The van der Waals surface area contributed by atoms with Crippen LogP contribution in [-0.2, 0) is 0 Å². The Morgan fingerprint density at radius 1 is 1.04 bits per heavy atom. The molecule has 2 aromatic carbocycles. The van der Waals surface area contributed by atoms with Crippen molar-refractivity contribution in [3.8, 4) is 5.75 Å². The third-order valence-corrected chi connectivity index (χ3v) is 3.78. The number of carbonyl (C=O) groups excluding carboxylic acids is 1. The maximum Gasteiger partial charge on any atom is 0.257 e. The van der Waals surface area contributed by atoms with Crippen molar-refractivity contribution >= 4 is 34.7 Å². The van der Waals surface area contributed by atoms with Crippen LogP contribution in [0, 0.1) is 0 Å². The largest absolute Gasteiger partial charge is 0.495 e. The Labute approximate surface area is 150 Å². The predicted octanol–water partition coefficient (Wildman–Crippen LogP) is 4.74. The van der Waals surface area contributed by atoms with E-state index >= 15 is 0 Å². The number of rotatable bonds is 5. The second-order valence-electron chi connectivity index (χ2n) is 5.23. The molecule has 0 bridgehead atoms. The van der Waals surface area contributed by atoms with E-state index in [2.05, 4.69) is 15.6 Å². The highest BCUT2D eigenvalue weighted by Gasteiger charge is 2.09. The molecule has 0 aliphatic carbocycles. The lowest BCUT2D eigenvalue weighted by Crippen LogP contribution is -2.12. The van der Waals surface area contributed by atoms with Gasteiger partial charge in [-0.2, -0.15) is 0 Å². The number of benzene rings is 2. The molecule has 0 spiro atoms. The minimum absolute atomic E-state index is 0.264. The molecule has 1 aromatic heterocycles. The molecule has 6 heteroatoms. The fourth-order valence-corrected chi connectivity index (χ4v) is 2.48. The Morgan fingerprint density at radius 3 is 2.48 bits per heavy atom. The van der Waals surface area contributed by atoms with E-state index in [9.17, 15) is 4.79 Å². The smallest absolute Gasteiger partial charge is 0.257 e. The zero-order chi connectivity index (χ0) is 17.6. The maximum absolute atomic E-state index is 12.3. The highest BCUT2D eigenvalue weighted by atomic mass is 35.5. The van der Waals surface area contributed by atoms with Gasteiger partial charge in [0.2, 0.25) is 0 Å². The third kappa shape index (κ3) is 4.28. The van der Waals surface area contributed by atoms with Crippen molar-refractivity contribution in [1.82, 2.24) is 4.98 Å². The van der Waals surface area contributed by atoms with Gasteiger partial charge in [-0.1, -0.05) is 29.8 Å². The topological polar surface area (TPSA) is 63.2 Å². The Kier molecular flexibility index (Phi) is 5.16. The van der Waals surface area contributed by atoms with Gasteiger partial charge in [0.05, 0.1) is 17.7 Å². The van der Waals surface area contributed by atoms with Crippen molar-refractivity contribution in [3.05, 3.63) is 77.4 Å². The Hall–Kier alpha value is -3.05. The van der Waals surface area contributed by atoms with Gasteiger partial charge in [-0.3, -0.25) is 4.79 Å². The van der Waals surface area contributed by atoms with E-state index in [0.717, 1.165) is 5.69 Å². The van der Waals surface area contributed by atoms with E-state index in [1.807, 2.05) is 30.3 Å². The van der Waals surface area contributed by atoms with Gasteiger partial charge >= 0.3 is 0 Å². The number of carbonyl (C=O) groups is 1. The fourth-order valence-electron chi connectivity index (χ4n) is 2.22. The summed E-state index contributed by atoms with van der Waals surface area (Å²) in [6, 6.07) is 18.2. The van der Waals surface area contributed by atoms with Crippen molar-refractivity contribution in [3.63, 3.8) is 0 Å². The summed E-state index contributed by atoms with van der Waals surface area (Å²) in [5.41, 5.74) is 1.97. The first-order chi connectivity index (χ1) is 12.2. The molecule has 0 aliphatic heterocycles. The van der Waals surface area contributed by atoms with Crippen LogP contribution in [0.4, 0.5) is 17.2 Å². The second kappa shape index (κ2) is 7.68. The number of halogens is 1. The molecule has 3 aromatic rings. The van der Waals surface area contributed by atoms with Crippen LogP contribution >= 0.6 is 11.6 Å². The lowest BCUT2D eigenvalue weighted by molar-refractivity contribution is 0.102. The molecule has 0 fully saturated rings. The lowest BCUT2D eigenvalue weighted by atomic mass is 10.2. The van der Waals surface area contributed by atoms with Crippen LogP contribution < -0.4 is 15.4 Å². The van der Waals surface area contributed by atoms with Gasteiger partial charge in [0.15, 0.2) is 0 Å². The molecule has 0 radical (unpaired) electrons. The summed E-state index contributed by atoms with van der Waals surface area (Å²) in [6.07, 6.45) is 1.52. The Bertz CT molecular complexity index is 868. The van der Waals surface area contributed by atoms with E-state index < -0.39 is 0 Å². The number of nitrogens with one attached hydrogen (secondary N) is 2. The molecular formula is C19H16ClN3O2. The molecule has 0 unspecified atom stereocenters. The van der Waals surface area contributed by atoms with Gasteiger partial charge in [-0.15, -0.1) is 0 Å². The zero-order valence-electron chi connectivity index (χ0n) is 13.5. The van der Waals surface area contributed by atoms with E-state index in [1.165, 1.54) is 13.3 Å². The van der Waals surface area contributed by atoms with Crippen LogP contribution in [-0.4, -0.2) is 18.0 Å². The standard InChI is InChI=1S/C19H16ClN3O2/c1-25-17-9-8-15(11-16(17)20)23-19(24)13-7-10-18(21-12-13)22-14-5-3-2-4-6-14/h2-12H,1H3,(H,21,22)(H,23,24). The summed E-state index contributed by atoms with van der Waals surface area (Å²) in [5, 5.41) is 6.38. The highest BCUT2D eigenvalue weighted by Crippen LogP contribution is 2.27. The van der Waals surface area contributed by atoms with Crippen LogP contribution in [0.15, 0.2) is 66.9 Å². The third-order valence-electron chi connectivity index (χ3n) is 3.48. The molecule has 5 nitrogen and oxygen atoms in total. The number of para-hydroxylation sites is 1. The molecule has 0 atom stereocenters. The monoisotopic (exact) mass is 353 g/mol. The van der Waals surface area contributed by atoms with Gasteiger partial charge < -0.3 is 15.4 Å². The SMILES string of the molecule is COc1ccc(NC(=O)c2ccc(Nc3ccccc3)nc2)cc1Cl. The molecule has 25 heavy (non-hydrogen) atoms. The number of ether oxygens (including phenoxy) is 1. The van der Waals surface area contributed by atoms with E-state index in [0.29, 0.717) is 27.8 Å². The normalized spacial score (nSPS) is 10.2. The predicted molar refractivity (Wildman–Crippen MR) is 99.9 cm³/mol. The molecule has 2 N–H and O–H groups in total. The van der Waals surface area contributed by atoms with Crippen LogP contribution in [0.5, 0.6) is 5.75 Å². The molecule has 3 rings (SSSR count). The highest BCUT2D eigenvalue weighted by molar-refractivity contribution is 6.32. The Morgan fingerprint density at radius 2 is 1.84 bits per heavy atom. The maximum atomic E-state index is 12.3. The van der Waals surface area contributed by atoms with Gasteiger partial charge in [-0.25, -0.2) is 4.98 Å². The minimum atomic E-state index is -0.264. The summed E-state index contributed by atoms with van der Waals surface area (Å²) in [4.78, 5) is 16.6. The first-order valence-corrected chi connectivity index (χ1v) is 7.96. The van der Waals surface area contributed by atoms with Crippen molar-refractivity contribution in [1.29, 1.82) is 0 Å². The van der Waals surface area contributed by atoms with Crippen molar-refractivity contribution in [2.45, 2.75) is 0 Å². The summed E-state index contributed by atoms with van der Waals surface area (Å²) < 4.78 is 5.09. The number of aromatic nitrogens is 1. The lowest BCUT2D eigenvalue weighted by Gasteiger charge is -2.09. The number of pyridine rings is 1. The van der Waals surface area contributed by atoms with Gasteiger partial charge in [0.1, 0.15) is 11.6 Å². The summed E-state index contributed by atoms with van der Waals surface area (Å²) >= 11 is 6.06. The number of nitrogens with zero attached hydrogens (tertiary/aromatic N) is 1. The molecule has 1 heterocycles. The van der Waals surface area contributed by atoms with E-state index in [1.54, 1.807) is 30.3 Å². The molecule has 126 valence electrons. The molecule has 1 amide bonds. The number of hydrogen-bond donors (Lipinski definition) is 2. The van der Waals surface area contributed by atoms with Crippen LogP contribution in [0.3, 0.4) is 0 Å². The van der Waals surface area contributed by atoms with Crippen molar-refractivity contribution < 1.29 is 9.53 Å². The quantitative estimate of drug-likeness (QED) is 0.695. The van der Waals surface area contributed by atoms with Crippen molar-refractivity contribution in [2.24, 2.45) is 0 Å². The van der Waals surface area contributed by atoms with E-state index in [4.69, 9.17) is 16.3 Å². The minimum Gasteiger partial charge on any atom is -0.495 e. The average molecular weight is 354 g/mol. The van der Waals surface area contributed by atoms with Crippen molar-refractivity contribution in [2.75, 3.05) is 17.7 Å². The average Bonchev–Trinajstić information content (AvgIpc) is 2.63. The molecular weight excluding hydrogens is 338 g/mol. The Balaban J connectivity index is 1.67. The number of amides is 1. The second-order valence-corrected chi connectivity index (χ2v) is 5.63. The summed E-state index contributed by atoms with van der Waals surface area (Å²) in [7, 11) is 1.54. The van der Waals surface area contributed by atoms with Gasteiger partial charge in [0, 0.05) is 17.6 Å². The molecule has 0 aliphatic rings. The first-order valence-electron chi connectivity index (χ1n) is 7.59. The number of hydrogen-bond acceptors (Lipinski definition) is 4. The zero-order valence-corrected chi connectivity index (χ0v) is 14.2. The molecule has 0 saturated heterocycles. The van der Waals surface area contributed by atoms with Crippen LogP contribution in [0.25, 0.3) is 0 Å². The number of anilines is 3.